The zero-order valence-electron chi connectivity index (χ0n) is 19.2. The molecule has 0 aliphatic heterocycles. The summed E-state index contributed by atoms with van der Waals surface area (Å²) >= 11 is 0. The second-order valence-electron chi connectivity index (χ2n) is 8.55. The number of unbranched alkanes of at least 4 members (excludes halogenated alkanes) is 1. The number of rotatable bonds is 11. The van der Waals surface area contributed by atoms with Gasteiger partial charge in [-0.25, -0.2) is 4.39 Å². The third-order valence-electron chi connectivity index (χ3n) is 5.81. The SMILES string of the molecule is CC(=O)NC1(c2noc(CCC(=O)NCCCCOc3ccc(F)cc3)n2)CCCCCC1. The molecule has 8 nitrogen and oxygen atoms in total. The van der Waals surface area contributed by atoms with Crippen LogP contribution in [0.15, 0.2) is 28.8 Å². The van der Waals surface area contributed by atoms with Gasteiger partial charge < -0.3 is 19.9 Å². The predicted octanol–water partition coefficient (Wildman–Crippen LogP) is 3.80. The first-order valence-electron chi connectivity index (χ1n) is 11.7. The molecule has 3 rings (SSSR count). The molecule has 0 bridgehead atoms. The van der Waals surface area contributed by atoms with Crippen molar-refractivity contribution in [2.24, 2.45) is 0 Å². The lowest BCUT2D eigenvalue weighted by Crippen LogP contribution is -2.45. The predicted molar refractivity (Wildman–Crippen MR) is 120 cm³/mol. The van der Waals surface area contributed by atoms with E-state index in [1.165, 1.54) is 19.1 Å². The number of ether oxygens (including phenoxy) is 1. The lowest BCUT2D eigenvalue weighted by Gasteiger charge is -2.30. The minimum atomic E-state index is -0.581. The van der Waals surface area contributed by atoms with Gasteiger partial charge in [0, 0.05) is 26.3 Å². The molecule has 33 heavy (non-hydrogen) atoms. The standard InChI is InChI=1S/C24H33FN4O4/c1-18(30)28-24(14-4-2-3-5-15-24)23-27-22(33-29-23)13-12-21(31)26-16-6-7-17-32-20-10-8-19(25)9-11-20/h8-11H,2-7,12-17H2,1H3,(H,26,31)(H,28,30). The smallest absolute Gasteiger partial charge is 0.227 e. The Hall–Kier alpha value is -2.97. The number of aryl methyl sites for hydroxylation is 1. The van der Waals surface area contributed by atoms with Gasteiger partial charge in [-0.3, -0.25) is 9.59 Å². The van der Waals surface area contributed by atoms with E-state index >= 15 is 0 Å². The molecular formula is C24H33FN4O4. The topological polar surface area (TPSA) is 106 Å². The maximum atomic E-state index is 12.9. The minimum Gasteiger partial charge on any atom is -0.494 e. The molecule has 0 unspecified atom stereocenters. The summed E-state index contributed by atoms with van der Waals surface area (Å²) in [5.41, 5.74) is -0.581. The molecule has 1 aliphatic carbocycles. The minimum absolute atomic E-state index is 0.0831. The van der Waals surface area contributed by atoms with Crippen LogP contribution in [0.1, 0.15) is 76.4 Å². The third kappa shape index (κ3) is 7.83. The molecule has 1 aliphatic rings. The second-order valence-corrected chi connectivity index (χ2v) is 8.55. The van der Waals surface area contributed by atoms with E-state index in [4.69, 9.17) is 9.26 Å². The van der Waals surface area contributed by atoms with Gasteiger partial charge in [-0.05, 0) is 49.9 Å². The van der Waals surface area contributed by atoms with Gasteiger partial charge in [0.1, 0.15) is 17.1 Å². The molecule has 180 valence electrons. The van der Waals surface area contributed by atoms with Crippen LogP contribution >= 0.6 is 0 Å². The first-order valence-corrected chi connectivity index (χ1v) is 11.7. The zero-order chi connectivity index (χ0) is 23.5. The molecule has 2 N–H and O–H groups in total. The van der Waals surface area contributed by atoms with E-state index in [2.05, 4.69) is 20.8 Å². The highest BCUT2D eigenvalue weighted by Crippen LogP contribution is 2.34. The van der Waals surface area contributed by atoms with E-state index in [-0.39, 0.29) is 24.1 Å². The van der Waals surface area contributed by atoms with Gasteiger partial charge >= 0.3 is 0 Å². The van der Waals surface area contributed by atoms with Crippen molar-refractivity contribution in [3.05, 3.63) is 41.8 Å². The molecule has 1 aromatic heterocycles. The Morgan fingerprint density at radius 3 is 2.55 bits per heavy atom. The van der Waals surface area contributed by atoms with E-state index in [9.17, 15) is 14.0 Å². The van der Waals surface area contributed by atoms with Gasteiger partial charge in [-0.15, -0.1) is 0 Å². The fourth-order valence-corrected chi connectivity index (χ4v) is 4.11. The van der Waals surface area contributed by atoms with E-state index in [0.717, 1.165) is 51.4 Å². The molecule has 1 heterocycles. The van der Waals surface area contributed by atoms with Crippen LogP contribution in [0.25, 0.3) is 0 Å². The molecular weight excluding hydrogens is 427 g/mol. The maximum Gasteiger partial charge on any atom is 0.227 e. The molecule has 9 heteroatoms. The summed E-state index contributed by atoms with van der Waals surface area (Å²) in [5.74, 6) is 1.06. The summed E-state index contributed by atoms with van der Waals surface area (Å²) in [4.78, 5) is 28.5. The summed E-state index contributed by atoms with van der Waals surface area (Å²) in [5, 5.41) is 10.1. The number of hydrogen-bond donors (Lipinski definition) is 2. The number of hydrogen-bond acceptors (Lipinski definition) is 6. The largest absolute Gasteiger partial charge is 0.494 e. The number of aromatic nitrogens is 2. The molecule has 1 saturated carbocycles. The quantitative estimate of drug-likeness (QED) is 0.390. The van der Waals surface area contributed by atoms with E-state index in [1.54, 1.807) is 12.1 Å². The molecule has 1 aromatic carbocycles. The highest BCUT2D eigenvalue weighted by atomic mass is 19.1. The van der Waals surface area contributed by atoms with Crippen LogP contribution in [0.3, 0.4) is 0 Å². The molecule has 0 spiro atoms. The van der Waals surface area contributed by atoms with Crippen LogP contribution in [0.5, 0.6) is 5.75 Å². The first kappa shape index (κ1) is 24.7. The number of nitrogens with one attached hydrogen (secondary N) is 2. The van der Waals surface area contributed by atoms with Gasteiger partial charge in [-0.1, -0.05) is 30.8 Å². The van der Waals surface area contributed by atoms with E-state index in [0.29, 0.717) is 37.0 Å². The number of halogens is 1. The Morgan fingerprint density at radius 1 is 1.12 bits per heavy atom. The van der Waals surface area contributed by atoms with Gasteiger partial charge in [0.25, 0.3) is 0 Å². The third-order valence-corrected chi connectivity index (χ3v) is 5.81. The van der Waals surface area contributed by atoms with Crippen LogP contribution in [0.4, 0.5) is 4.39 Å². The van der Waals surface area contributed by atoms with Crippen LogP contribution in [-0.4, -0.2) is 35.1 Å². The van der Waals surface area contributed by atoms with Gasteiger partial charge in [0.05, 0.1) is 6.61 Å². The number of benzene rings is 1. The second kappa shape index (κ2) is 12.3. The monoisotopic (exact) mass is 460 g/mol. The van der Waals surface area contributed by atoms with E-state index < -0.39 is 5.54 Å². The van der Waals surface area contributed by atoms with Gasteiger partial charge in [-0.2, -0.15) is 4.98 Å². The van der Waals surface area contributed by atoms with Gasteiger partial charge in [0.15, 0.2) is 5.82 Å². The van der Waals surface area contributed by atoms with Crippen LogP contribution < -0.4 is 15.4 Å². The van der Waals surface area contributed by atoms with Crippen molar-refractivity contribution >= 4 is 11.8 Å². The zero-order valence-corrected chi connectivity index (χ0v) is 19.2. The lowest BCUT2D eigenvalue weighted by molar-refractivity contribution is -0.122. The Morgan fingerprint density at radius 2 is 1.85 bits per heavy atom. The highest BCUT2D eigenvalue weighted by molar-refractivity contribution is 5.76. The van der Waals surface area contributed by atoms with Crippen LogP contribution in [-0.2, 0) is 21.5 Å². The molecule has 2 amide bonds. The van der Waals surface area contributed by atoms with Gasteiger partial charge in [0.2, 0.25) is 17.7 Å². The fourth-order valence-electron chi connectivity index (χ4n) is 4.11. The van der Waals surface area contributed by atoms with Crippen molar-refractivity contribution in [1.82, 2.24) is 20.8 Å². The molecule has 2 aromatic rings. The Bertz CT molecular complexity index is 892. The van der Waals surface area contributed by atoms with Crippen molar-refractivity contribution in [3.63, 3.8) is 0 Å². The Balaban J connectivity index is 1.37. The lowest BCUT2D eigenvalue weighted by atomic mass is 9.89. The average Bonchev–Trinajstić information content (AvgIpc) is 3.16. The van der Waals surface area contributed by atoms with E-state index in [1.807, 2.05) is 0 Å². The molecule has 1 fully saturated rings. The maximum absolute atomic E-state index is 12.9. The summed E-state index contributed by atoms with van der Waals surface area (Å²) < 4.78 is 23.8. The van der Waals surface area contributed by atoms with Crippen molar-refractivity contribution < 1.29 is 23.2 Å². The average molecular weight is 461 g/mol. The normalized spacial score (nSPS) is 15.5. The van der Waals surface area contributed by atoms with Crippen molar-refractivity contribution in [3.8, 4) is 5.75 Å². The van der Waals surface area contributed by atoms with Crippen molar-refractivity contribution in [1.29, 1.82) is 0 Å². The van der Waals surface area contributed by atoms with Crippen LogP contribution in [0.2, 0.25) is 0 Å². The summed E-state index contributed by atoms with van der Waals surface area (Å²) in [6, 6.07) is 5.90. The van der Waals surface area contributed by atoms with Crippen LogP contribution in [0, 0.1) is 5.82 Å². The molecule has 0 atom stereocenters. The highest BCUT2D eigenvalue weighted by Gasteiger charge is 2.38. The molecule has 0 saturated heterocycles. The first-order chi connectivity index (χ1) is 16.0. The summed E-state index contributed by atoms with van der Waals surface area (Å²) in [6.45, 7) is 2.56. The molecule has 0 radical (unpaired) electrons. The Labute approximate surface area is 193 Å². The number of nitrogens with zero attached hydrogens (tertiary/aromatic N) is 2. The van der Waals surface area contributed by atoms with Crippen molar-refractivity contribution in [2.75, 3.05) is 13.2 Å². The van der Waals surface area contributed by atoms with Crippen molar-refractivity contribution in [2.45, 2.75) is 76.7 Å². The number of carbonyl (C=O) groups excluding carboxylic acids is 2. The number of amides is 2. The summed E-state index contributed by atoms with van der Waals surface area (Å²) in [6.07, 6.45) is 7.99. The Kier molecular flexibility index (Phi) is 9.21. The summed E-state index contributed by atoms with van der Waals surface area (Å²) in [7, 11) is 0. The number of carbonyl (C=O) groups is 2. The fraction of sp³-hybridized carbons (Fsp3) is 0.583.